The van der Waals surface area contributed by atoms with Crippen molar-refractivity contribution in [1.29, 1.82) is 0 Å². The molecule has 6 N–H and O–H groups in total. The van der Waals surface area contributed by atoms with E-state index < -0.39 is 0 Å². The van der Waals surface area contributed by atoms with Crippen LogP contribution >= 0.6 is 0 Å². The summed E-state index contributed by atoms with van der Waals surface area (Å²) < 4.78 is 0. The predicted octanol–water partition coefficient (Wildman–Crippen LogP) is -2.39. The highest BCUT2D eigenvalue weighted by molar-refractivity contribution is 3.24. The maximum absolute atomic E-state index is 0. The van der Waals surface area contributed by atoms with Gasteiger partial charge in [0, 0.05) is 7.43 Å². The van der Waals surface area contributed by atoms with Crippen molar-refractivity contribution in [2.45, 2.75) is 0 Å². The topological polar surface area (TPSA) is 94.5 Å². The van der Waals surface area contributed by atoms with Crippen molar-refractivity contribution in [2.75, 3.05) is 0 Å². The third-order valence-electron chi connectivity index (χ3n) is 0. The van der Waals surface area contributed by atoms with Gasteiger partial charge in [0.15, 0.2) is 0 Å². The molecule has 0 bridgehead atoms. The molecular weight excluding hydrogens is 60.0 g/mol. The molecule has 0 atom stereocenters. The number of hydrogen-bond acceptors (Lipinski definition) is 0. The molecular formula is CH6O3. The van der Waals surface area contributed by atoms with E-state index in [1.54, 1.807) is 0 Å². The summed E-state index contributed by atoms with van der Waals surface area (Å²) in [7, 11) is 0. The smallest absolute Gasteiger partial charge is 0 e. The minimum Gasteiger partial charge on any atom is -0.412 e. The normalized spacial score (nSPS) is 0. The van der Waals surface area contributed by atoms with Gasteiger partial charge >= 0.3 is 0 Å². The molecule has 0 heterocycles. The van der Waals surface area contributed by atoms with Gasteiger partial charge in [-0.3, -0.25) is 0 Å². The monoisotopic (exact) mass is 66.0 g/mol. The van der Waals surface area contributed by atoms with Crippen molar-refractivity contribution in [3.8, 4) is 0 Å². The first-order valence-electron chi connectivity index (χ1n) is 0. The first-order chi connectivity index (χ1) is 0. The summed E-state index contributed by atoms with van der Waals surface area (Å²) in [6.45, 7) is 0. The molecule has 0 aromatic carbocycles. The molecule has 4 heavy (non-hydrogen) atoms. The zero-order valence-corrected chi connectivity index (χ0v) is 2.00. The van der Waals surface area contributed by atoms with Crippen molar-refractivity contribution in [3.63, 3.8) is 0 Å². The third-order valence-corrected chi connectivity index (χ3v) is 0. The second-order valence-corrected chi connectivity index (χ2v) is 0. The Morgan fingerprint density at radius 2 is 0.500 bits per heavy atom. The molecule has 0 unspecified atom stereocenters. The summed E-state index contributed by atoms with van der Waals surface area (Å²) in [6.07, 6.45) is 0. The molecule has 0 aromatic rings. The summed E-state index contributed by atoms with van der Waals surface area (Å²) in [4.78, 5) is 0. The van der Waals surface area contributed by atoms with Crippen molar-refractivity contribution in [1.82, 2.24) is 0 Å². The fraction of sp³-hybridized carbons (Fsp3) is 0. The zero-order valence-electron chi connectivity index (χ0n) is 2.00. The molecule has 0 rings (SSSR count). The molecule has 0 aromatic heterocycles. The number of hydrogen-bond donors (Lipinski definition) is 0. The zero-order chi connectivity index (χ0) is 0. The molecule has 0 aliphatic rings. The maximum atomic E-state index is 0. The molecule has 0 saturated carbocycles. The molecule has 0 amide bonds. The molecule has 28 valence electrons. The second kappa shape index (κ2) is 707. The Morgan fingerprint density at radius 1 is 0.500 bits per heavy atom. The Labute approximate surface area is 25.2 Å². The van der Waals surface area contributed by atoms with Crippen LogP contribution in [-0.4, -0.2) is 16.4 Å². The first kappa shape index (κ1) is 2230. The fourth-order valence-electron chi connectivity index (χ4n) is 0. The Balaban J connectivity index is 0. The van der Waals surface area contributed by atoms with Gasteiger partial charge in [0.25, 0.3) is 0 Å². The van der Waals surface area contributed by atoms with E-state index in [0.29, 0.717) is 0 Å². The minimum atomic E-state index is 0. The lowest BCUT2D eigenvalue weighted by molar-refractivity contribution is 0.823. The van der Waals surface area contributed by atoms with Crippen molar-refractivity contribution >= 4 is 0 Å². The Bertz CT molecular complexity index is 3.25. The summed E-state index contributed by atoms with van der Waals surface area (Å²) >= 11 is 0. The van der Waals surface area contributed by atoms with Crippen LogP contribution in [0.15, 0.2) is 0 Å². The van der Waals surface area contributed by atoms with E-state index in [-0.39, 0.29) is 23.9 Å². The molecule has 0 fully saturated rings. The molecule has 0 aliphatic heterocycles. The lowest BCUT2D eigenvalue weighted by Gasteiger charge is -0.413. The fourth-order valence-corrected chi connectivity index (χ4v) is 0. The molecule has 0 spiro atoms. The van der Waals surface area contributed by atoms with Crippen molar-refractivity contribution in [3.05, 3.63) is 7.43 Å². The summed E-state index contributed by atoms with van der Waals surface area (Å²) in [5.74, 6) is 0. The van der Waals surface area contributed by atoms with Gasteiger partial charge in [-0.15, -0.1) is 0 Å². The van der Waals surface area contributed by atoms with E-state index >= 15 is 0 Å². The van der Waals surface area contributed by atoms with Crippen LogP contribution in [-0.2, 0) is 0 Å². The molecule has 3 nitrogen and oxygen atoms in total. The third kappa shape index (κ3) is 101. The van der Waals surface area contributed by atoms with E-state index in [2.05, 4.69) is 0 Å². The van der Waals surface area contributed by atoms with Crippen LogP contribution in [0.5, 0.6) is 0 Å². The van der Waals surface area contributed by atoms with Crippen molar-refractivity contribution in [2.24, 2.45) is 0 Å². The van der Waals surface area contributed by atoms with Crippen LogP contribution in [0.1, 0.15) is 0 Å². The van der Waals surface area contributed by atoms with Crippen LogP contribution < -0.4 is 0 Å². The van der Waals surface area contributed by atoms with Crippen LogP contribution in [0.25, 0.3) is 0 Å². The summed E-state index contributed by atoms with van der Waals surface area (Å²) in [6, 6.07) is 0. The first-order valence-corrected chi connectivity index (χ1v) is 0. The van der Waals surface area contributed by atoms with E-state index in [1.807, 2.05) is 0 Å². The lowest BCUT2D eigenvalue weighted by atomic mass is 12.0. The van der Waals surface area contributed by atoms with Crippen LogP contribution in [0, 0.1) is 7.43 Å². The van der Waals surface area contributed by atoms with Gasteiger partial charge in [0.1, 0.15) is 0 Å². The van der Waals surface area contributed by atoms with E-state index in [0.717, 1.165) is 0 Å². The van der Waals surface area contributed by atoms with Crippen LogP contribution in [0.4, 0.5) is 0 Å². The highest BCUT2D eigenvalue weighted by atomic mass is 16.0. The molecule has 3 heteroatoms. The number of rotatable bonds is 0. The van der Waals surface area contributed by atoms with Gasteiger partial charge in [-0.25, -0.2) is 0 Å². The van der Waals surface area contributed by atoms with Gasteiger partial charge in [0.05, 0.1) is 0 Å². The molecule has 0 saturated heterocycles. The highest BCUT2D eigenvalue weighted by Gasteiger charge is 0.00000733. The van der Waals surface area contributed by atoms with Gasteiger partial charge < -0.3 is 16.4 Å². The lowest BCUT2D eigenvalue weighted by Crippen LogP contribution is -0.290. The minimum absolute atomic E-state index is 0. The average Bonchev–Trinajstić information content (AvgIpc) is 0. The maximum Gasteiger partial charge on any atom is 0 e. The van der Waals surface area contributed by atoms with Crippen molar-refractivity contribution < 1.29 is 16.4 Å². The molecule has 4 radical (unpaired) electrons. The second-order valence-electron chi connectivity index (χ2n) is 0. The highest BCUT2D eigenvalue weighted by Crippen LogP contribution is 0.0813. The SMILES string of the molecule is O.O.O.[C]. The Hall–Kier alpha value is -0.120. The van der Waals surface area contributed by atoms with E-state index in [9.17, 15) is 0 Å². The Morgan fingerprint density at radius 3 is 0.500 bits per heavy atom. The van der Waals surface area contributed by atoms with Crippen LogP contribution in [0.2, 0.25) is 0 Å². The summed E-state index contributed by atoms with van der Waals surface area (Å²) in [5, 5.41) is 0. The Kier molecular flexibility index (Phi) is 395000. The van der Waals surface area contributed by atoms with Gasteiger partial charge in [0.2, 0.25) is 0 Å². The van der Waals surface area contributed by atoms with Gasteiger partial charge in [-0.2, -0.15) is 0 Å². The predicted molar refractivity (Wildman–Crippen MR) is 14.1 cm³/mol. The van der Waals surface area contributed by atoms with Gasteiger partial charge in [-0.1, -0.05) is 0 Å². The van der Waals surface area contributed by atoms with E-state index in [1.165, 1.54) is 0 Å². The molecule has 0 aliphatic carbocycles. The van der Waals surface area contributed by atoms with E-state index in [4.69, 9.17) is 0 Å². The largest absolute Gasteiger partial charge is 0.412 e. The van der Waals surface area contributed by atoms with Gasteiger partial charge in [-0.05, 0) is 0 Å². The summed E-state index contributed by atoms with van der Waals surface area (Å²) in [5.41, 5.74) is 0. The standard InChI is InChI=1S/C.3H2O/h;3*1H2. The van der Waals surface area contributed by atoms with Crippen LogP contribution in [0.3, 0.4) is 0 Å². The average molecular weight is 66.1 g/mol. The quantitative estimate of drug-likeness (QED) is 0.301.